The molecule has 1 rings (SSSR count). The second-order valence-electron chi connectivity index (χ2n) is 4.83. The lowest BCUT2D eigenvalue weighted by Crippen LogP contribution is -2.48. The number of hydrogen-bond donors (Lipinski definition) is 3. The van der Waals surface area contributed by atoms with E-state index in [1.165, 1.54) is 32.1 Å². The average Bonchev–Trinajstić information content (AvgIpc) is 2.30. The van der Waals surface area contributed by atoms with Gasteiger partial charge in [-0.2, -0.15) is 0 Å². The van der Waals surface area contributed by atoms with Crippen molar-refractivity contribution in [3.8, 4) is 0 Å². The van der Waals surface area contributed by atoms with E-state index in [2.05, 4.69) is 12.2 Å². The van der Waals surface area contributed by atoms with Gasteiger partial charge in [0, 0.05) is 12.6 Å². The Morgan fingerprint density at radius 3 is 2.50 bits per heavy atom. The lowest BCUT2D eigenvalue weighted by molar-refractivity contribution is -0.119. The first-order valence-corrected chi connectivity index (χ1v) is 6.43. The molecule has 1 amide bonds. The molecule has 0 bridgehead atoms. The molecule has 1 aliphatic carbocycles. The second kappa shape index (κ2) is 6.86. The van der Waals surface area contributed by atoms with Crippen molar-refractivity contribution in [3.05, 3.63) is 0 Å². The van der Waals surface area contributed by atoms with Gasteiger partial charge < -0.3 is 16.8 Å². The molecule has 0 aromatic heterocycles. The normalized spacial score (nSPS) is 21.6. The van der Waals surface area contributed by atoms with Crippen LogP contribution in [-0.4, -0.2) is 24.5 Å². The summed E-state index contributed by atoms with van der Waals surface area (Å²) in [5.41, 5.74) is 10.8. The fraction of sp³-hybridized carbons (Fsp3) is 0.917. The number of hydrogen-bond acceptors (Lipinski definition) is 3. The van der Waals surface area contributed by atoms with Crippen molar-refractivity contribution in [2.75, 3.05) is 6.54 Å². The van der Waals surface area contributed by atoms with Crippen LogP contribution < -0.4 is 16.8 Å². The molecular weight excluding hydrogens is 202 g/mol. The lowest BCUT2D eigenvalue weighted by atomic mass is 9.83. The second-order valence-corrected chi connectivity index (χ2v) is 4.83. The van der Waals surface area contributed by atoms with E-state index in [-0.39, 0.29) is 0 Å². The van der Waals surface area contributed by atoms with Crippen molar-refractivity contribution in [2.24, 2.45) is 17.4 Å². The minimum absolute atomic E-state index is 0.425. The number of primary amides is 1. The third-order valence-electron chi connectivity index (χ3n) is 3.62. The number of rotatable bonds is 6. The molecule has 4 nitrogen and oxygen atoms in total. The van der Waals surface area contributed by atoms with E-state index >= 15 is 0 Å². The van der Waals surface area contributed by atoms with Crippen LogP contribution in [0.5, 0.6) is 0 Å². The van der Waals surface area contributed by atoms with E-state index in [0.717, 1.165) is 12.3 Å². The molecule has 0 spiro atoms. The van der Waals surface area contributed by atoms with Gasteiger partial charge in [-0.25, -0.2) is 0 Å². The fourth-order valence-electron chi connectivity index (χ4n) is 2.56. The molecule has 1 saturated carbocycles. The molecule has 4 heteroatoms. The predicted octanol–water partition coefficient (Wildman–Crippen LogP) is 0.748. The molecule has 0 aromatic carbocycles. The van der Waals surface area contributed by atoms with Crippen molar-refractivity contribution < 1.29 is 4.79 Å². The Bertz CT molecular complexity index is 214. The van der Waals surface area contributed by atoms with Crippen molar-refractivity contribution >= 4 is 5.91 Å². The molecule has 94 valence electrons. The molecule has 0 aromatic rings. The van der Waals surface area contributed by atoms with E-state index in [9.17, 15) is 4.79 Å². The highest BCUT2D eigenvalue weighted by atomic mass is 16.1. The van der Waals surface area contributed by atoms with Gasteiger partial charge in [-0.05, 0) is 25.2 Å². The van der Waals surface area contributed by atoms with Gasteiger partial charge in [0.15, 0.2) is 0 Å². The van der Waals surface area contributed by atoms with Crippen LogP contribution in [0.25, 0.3) is 0 Å². The summed E-state index contributed by atoms with van der Waals surface area (Å²) in [4.78, 5) is 10.8. The highest BCUT2D eigenvalue weighted by Gasteiger charge is 2.22. The largest absolute Gasteiger partial charge is 0.368 e. The number of amides is 1. The summed E-state index contributed by atoms with van der Waals surface area (Å²) in [7, 11) is 0. The Labute approximate surface area is 98.1 Å². The van der Waals surface area contributed by atoms with Crippen LogP contribution in [0.3, 0.4) is 0 Å². The zero-order chi connectivity index (χ0) is 12.0. The maximum atomic E-state index is 10.8. The first-order chi connectivity index (χ1) is 7.65. The smallest absolute Gasteiger partial charge is 0.235 e. The van der Waals surface area contributed by atoms with Gasteiger partial charge in [-0.1, -0.05) is 26.2 Å². The van der Waals surface area contributed by atoms with E-state index in [0.29, 0.717) is 12.6 Å². The molecular formula is C12H25N3O. The summed E-state index contributed by atoms with van der Waals surface area (Å²) < 4.78 is 0. The fourth-order valence-corrected chi connectivity index (χ4v) is 2.56. The van der Waals surface area contributed by atoms with Crippen LogP contribution in [0.4, 0.5) is 0 Å². The average molecular weight is 227 g/mol. The van der Waals surface area contributed by atoms with E-state index in [1.807, 2.05) is 0 Å². The molecule has 2 atom stereocenters. The minimum atomic E-state index is -0.558. The van der Waals surface area contributed by atoms with Gasteiger partial charge in [0.25, 0.3) is 0 Å². The van der Waals surface area contributed by atoms with E-state index < -0.39 is 11.9 Å². The highest BCUT2D eigenvalue weighted by Crippen LogP contribution is 2.27. The Hall–Kier alpha value is -0.610. The number of carbonyl (C=O) groups excluding carboxylic acids is 1. The van der Waals surface area contributed by atoms with E-state index in [4.69, 9.17) is 11.5 Å². The number of nitrogens with two attached hydrogens (primary N) is 2. The zero-order valence-corrected chi connectivity index (χ0v) is 10.2. The Morgan fingerprint density at radius 1 is 1.38 bits per heavy atom. The Kier molecular flexibility index (Phi) is 5.77. The van der Waals surface area contributed by atoms with Gasteiger partial charge >= 0.3 is 0 Å². The summed E-state index contributed by atoms with van der Waals surface area (Å²) in [6, 6.07) is -0.0664. The predicted molar refractivity (Wildman–Crippen MR) is 65.8 cm³/mol. The van der Waals surface area contributed by atoms with Gasteiger partial charge in [0.2, 0.25) is 5.91 Å². The monoisotopic (exact) mass is 227 g/mol. The quantitative estimate of drug-likeness (QED) is 0.626. The number of carbonyl (C=O) groups is 1. The van der Waals surface area contributed by atoms with Gasteiger partial charge in [0.05, 0.1) is 6.04 Å². The maximum Gasteiger partial charge on any atom is 0.235 e. The molecule has 2 unspecified atom stereocenters. The first-order valence-electron chi connectivity index (χ1n) is 6.43. The topological polar surface area (TPSA) is 81.1 Å². The zero-order valence-electron chi connectivity index (χ0n) is 10.2. The molecule has 1 aliphatic rings. The van der Waals surface area contributed by atoms with Crippen LogP contribution in [0.2, 0.25) is 0 Å². The maximum absolute atomic E-state index is 10.8. The molecule has 5 N–H and O–H groups in total. The Morgan fingerprint density at radius 2 is 2.00 bits per heavy atom. The van der Waals surface area contributed by atoms with Crippen molar-refractivity contribution in [3.63, 3.8) is 0 Å². The summed E-state index contributed by atoms with van der Waals surface area (Å²) in [6.45, 7) is 2.69. The van der Waals surface area contributed by atoms with Crippen molar-refractivity contribution in [1.29, 1.82) is 0 Å². The van der Waals surface area contributed by atoms with Crippen LogP contribution in [0.1, 0.15) is 45.4 Å². The van der Waals surface area contributed by atoms with Crippen molar-refractivity contribution in [1.82, 2.24) is 5.32 Å². The minimum Gasteiger partial charge on any atom is -0.368 e. The first kappa shape index (κ1) is 13.5. The number of nitrogens with one attached hydrogen (secondary N) is 1. The highest BCUT2D eigenvalue weighted by molar-refractivity contribution is 5.79. The van der Waals surface area contributed by atoms with Gasteiger partial charge in [0.1, 0.15) is 0 Å². The van der Waals surface area contributed by atoms with Crippen LogP contribution in [0, 0.1) is 5.92 Å². The summed E-state index contributed by atoms with van der Waals surface area (Å²) in [5, 5.41) is 3.39. The van der Waals surface area contributed by atoms with Crippen LogP contribution >= 0.6 is 0 Å². The molecule has 0 aliphatic heterocycles. The van der Waals surface area contributed by atoms with Gasteiger partial charge in [-0.3, -0.25) is 4.79 Å². The van der Waals surface area contributed by atoms with Crippen molar-refractivity contribution in [2.45, 2.75) is 57.5 Å². The lowest BCUT2D eigenvalue weighted by Gasteiger charge is -2.31. The summed E-state index contributed by atoms with van der Waals surface area (Å²) >= 11 is 0. The SMILES string of the molecule is CCC(NCC(N)C(N)=O)C1CCCCC1. The summed E-state index contributed by atoms with van der Waals surface area (Å²) in [6.07, 6.45) is 7.74. The molecule has 0 radical (unpaired) electrons. The molecule has 16 heavy (non-hydrogen) atoms. The molecule has 1 fully saturated rings. The van der Waals surface area contributed by atoms with Crippen LogP contribution in [0.15, 0.2) is 0 Å². The molecule has 0 saturated heterocycles. The molecule has 0 heterocycles. The standard InChI is InChI=1S/C12H25N3O/c1-2-11(9-6-4-3-5-7-9)15-8-10(13)12(14)16/h9-11,15H,2-8,13H2,1H3,(H2,14,16). The Balaban J connectivity index is 2.33. The third kappa shape index (κ3) is 4.10. The third-order valence-corrected chi connectivity index (χ3v) is 3.62. The van der Waals surface area contributed by atoms with Gasteiger partial charge in [-0.15, -0.1) is 0 Å². The van der Waals surface area contributed by atoms with Crippen LogP contribution in [-0.2, 0) is 4.79 Å². The summed E-state index contributed by atoms with van der Waals surface area (Å²) in [5.74, 6) is 0.324. The van der Waals surface area contributed by atoms with E-state index in [1.54, 1.807) is 0 Å².